The maximum Gasteiger partial charge on any atom is 0.243 e. The van der Waals surface area contributed by atoms with Gasteiger partial charge in [0.2, 0.25) is 17.5 Å². The smallest absolute Gasteiger partial charge is 0.243 e. The summed E-state index contributed by atoms with van der Waals surface area (Å²) >= 11 is 6.07. The van der Waals surface area contributed by atoms with Crippen molar-refractivity contribution >= 4 is 23.4 Å². The van der Waals surface area contributed by atoms with Crippen LogP contribution in [0.25, 0.3) is 0 Å². The molecule has 0 N–H and O–H groups in total. The predicted octanol–water partition coefficient (Wildman–Crippen LogP) is 2.92. The van der Waals surface area contributed by atoms with Gasteiger partial charge in [-0.15, -0.1) is 5.10 Å². The van der Waals surface area contributed by atoms with Crippen LogP contribution in [0.3, 0.4) is 0 Å². The summed E-state index contributed by atoms with van der Waals surface area (Å²) in [6.07, 6.45) is 0. The van der Waals surface area contributed by atoms with Gasteiger partial charge in [0.05, 0.1) is 0 Å². The summed E-state index contributed by atoms with van der Waals surface area (Å²) in [5, 5.41) is 6.18. The first-order chi connectivity index (χ1) is 8.31. The number of hydrogen-bond acceptors (Lipinski definition) is 3. The lowest BCUT2D eigenvalue weighted by molar-refractivity contribution is -0.142. The van der Waals surface area contributed by atoms with Gasteiger partial charge in [-0.25, -0.2) is 0 Å². The fourth-order valence-electron chi connectivity index (χ4n) is 1.80. The minimum atomic E-state index is -0.765. The molecule has 1 heterocycles. The van der Waals surface area contributed by atoms with Crippen LogP contribution < -0.4 is 0 Å². The summed E-state index contributed by atoms with van der Waals surface area (Å²) in [6.45, 7) is 6.97. The second-order valence-electron chi connectivity index (χ2n) is 4.75. The van der Waals surface area contributed by atoms with E-state index in [2.05, 4.69) is 5.10 Å². The van der Waals surface area contributed by atoms with E-state index in [1.807, 2.05) is 19.1 Å². The second-order valence-corrected chi connectivity index (χ2v) is 5.16. The van der Waals surface area contributed by atoms with Gasteiger partial charge in [-0.05, 0) is 38.5 Å². The number of nitrogens with zero attached hydrogens (tertiary/aromatic N) is 2. The number of rotatable bonds is 1. The van der Waals surface area contributed by atoms with Gasteiger partial charge in [0.15, 0.2) is 0 Å². The van der Waals surface area contributed by atoms with Gasteiger partial charge in [0.1, 0.15) is 0 Å². The quantitative estimate of drug-likeness (QED) is 0.784. The third kappa shape index (κ3) is 2.20. The van der Waals surface area contributed by atoms with Crippen molar-refractivity contribution in [1.82, 2.24) is 5.01 Å². The van der Waals surface area contributed by atoms with Gasteiger partial charge in [-0.1, -0.05) is 17.7 Å². The van der Waals surface area contributed by atoms with Crippen LogP contribution in [0.5, 0.6) is 0 Å². The minimum Gasteiger partial charge on any atom is -0.448 e. The Kier molecular flexibility index (Phi) is 3.07. The molecule has 1 aliphatic heterocycles. The standard InChI is InChI=1S/C13H15ClN2O2/c1-8-5-6-10(7-11(8)14)12-15-16(9(2)17)13(3,4)18-12/h5-7H,1-4H3. The summed E-state index contributed by atoms with van der Waals surface area (Å²) in [7, 11) is 0. The molecule has 0 fully saturated rings. The van der Waals surface area contributed by atoms with Crippen molar-refractivity contribution in [3.63, 3.8) is 0 Å². The van der Waals surface area contributed by atoms with E-state index < -0.39 is 5.72 Å². The summed E-state index contributed by atoms with van der Waals surface area (Å²) in [5.74, 6) is 0.255. The number of aryl methyl sites for hydroxylation is 1. The van der Waals surface area contributed by atoms with E-state index >= 15 is 0 Å². The number of carbonyl (C=O) groups is 1. The maximum atomic E-state index is 11.5. The maximum absolute atomic E-state index is 11.5. The SMILES string of the molecule is CC(=O)N1N=C(c2ccc(C)c(Cl)c2)OC1(C)C. The number of hydrazone groups is 1. The zero-order valence-corrected chi connectivity index (χ0v) is 11.6. The van der Waals surface area contributed by atoms with E-state index in [0.717, 1.165) is 11.1 Å². The van der Waals surface area contributed by atoms with E-state index in [1.165, 1.54) is 11.9 Å². The highest BCUT2D eigenvalue weighted by molar-refractivity contribution is 6.31. The molecule has 0 atom stereocenters. The van der Waals surface area contributed by atoms with Gasteiger partial charge in [-0.2, -0.15) is 5.01 Å². The summed E-state index contributed by atoms with van der Waals surface area (Å²) in [5.41, 5.74) is 0.988. The monoisotopic (exact) mass is 266 g/mol. The van der Waals surface area contributed by atoms with E-state index in [0.29, 0.717) is 10.9 Å². The molecule has 0 aliphatic carbocycles. The number of ether oxygens (including phenoxy) is 1. The second kappa shape index (κ2) is 4.28. The molecule has 0 spiro atoms. The van der Waals surface area contributed by atoms with Crippen LogP contribution in [0.1, 0.15) is 31.9 Å². The molecule has 1 aromatic rings. The zero-order valence-electron chi connectivity index (χ0n) is 10.8. The number of hydrogen-bond donors (Lipinski definition) is 0. The van der Waals surface area contributed by atoms with E-state index in [4.69, 9.17) is 16.3 Å². The number of carbonyl (C=O) groups excluding carboxylic acids is 1. The average molecular weight is 267 g/mol. The Hall–Kier alpha value is -1.55. The minimum absolute atomic E-state index is 0.159. The van der Waals surface area contributed by atoms with Crippen LogP contribution in [0, 0.1) is 6.92 Å². The molecule has 0 bridgehead atoms. The molecule has 96 valence electrons. The van der Waals surface area contributed by atoms with E-state index in [9.17, 15) is 4.79 Å². The van der Waals surface area contributed by atoms with E-state index in [-0.39, 0.29) is 5.91 Å². The number of halogens is 1. The third-order valence-corrected chi connectivity index (χ3v) is 3.17. The topological polar surface area (TPSA) is 41.9 Å². The summed E-state index contributed by atoms with van der Waals surface area (Å²) in [6, 6.07) is 5.56. The lowest BCUT2D eigenvalue weighted by Gasteiger charge is -2.25. The molecule has 5 heteroatoms. The Morgan fingerprint density at radius 1 is 1.44 bits per heavy atom. The largest absolute Gasteiger partial charge is 0.448 e. The Morgan fingerprint density at radius 3 is 2.61 bits per heavy atom. The van der Waals surface area contributed by atoms with Crippen molar-refractivity contribution in [2.75, 3.05) is 0 Å². The number of benzene rings is 1. The number of amides is 1. The van der Waals surface area contributed by atoms with Gasteiger partial charge in [0.25, 0.3) is 0 Å². The van der Waals surface area contributed by atoms with Crippen molar-refractivity contribution in [2.45, 2.75) is 33.4 Å². The highest BCUT2D eigenvalue weighted by Gasteiger charge is 2.38. The lowest BCUT2D eigenvalue weighted by Crippen LogP contribution is -2.41. The van der Waals surface area contributed by atoms with Gasteiger partial charge in [0, 0.05) is 17.5 Å². The van der Waals surface area contributed by atoms with Gasteiger partial charge < -0.3 is 4.74 Å². The normalized spacial score (nSPS) is 17.4. The fourth-order valence-corrected chi connectivity index (χ4v) is 1.98. The Balaban J connectivity index is 2.38. The van der Waals surface area contributed by atoms with Crippen LogP contribution in [-0.2, 0) is 9.53 Å². The van der Waals surface area contributed by atoms with Crippen molar-refractivity contribution < 1.29 is 9.53 Å². The highest BCUT2D eigenvalue weighted by atomic mass is 35.5. The average Bonchev–Trinajstić information content (AvgIpc) is 2.58. The molecule has 1 amide bonds. The molecule has 0 saturated heterocycles. The van der Waals surface area contributed by atoms with Crippen LogP contribution >= 0.6 is 11.6 Å². The Bertz CT molecular complexity index is 538. The van der Waals surface area contributed by atoms with Gasteiger partial charge in [-0.3, -0.25) is 4.79 Å². The van der Waals surface area contributed by atoms with Crippen LogP contribution in [0.15, 0.2) is 23.3 Å². The molecule has 18 heavy (non-hydrogen) atoms. The molecular weight excluding hydrogens is 252 g/mol. The van der Waals surface area contributed by atoms with Crippen LogP contribution in [0.2, 0.25) is 5.02 Å². The third-order valence-electron chi connectivity index (χ3n) is 2.76. The predicted molar refractivity (Wildman–Crippen MR) is 70.4 cm³/mol. The lowest BCUT2D eigenvalue weighted by atomic mass is 10.1. The van der Waals surface area contributed by atoms with Crippen LogP contribution in [0.4, 0.5) is 0 Å². The van der Waals surface area contributed by atoms with Crippen molar-refractivity contribution in [2.24, 2.45) is 5.10 Å². The fraction of sp³-hybridized carbons (Fsp3) is 0.385. The molecule has 1 aliphatic rings. The molecule has 2 rings (SSSR count). The molecule has 1 aromatic carbocycles. The Morgan fingerprint density at radius 2 is 2.11 bits per heavy atom. The van der Waals surface area contributed by atoms with E-state index in [1.54, 1.807) is 19.9 Å². The molecule has 0 radical (unpaired) electrons. The van der Waals surface area contributed by atoms with Crippen molar-refractivity contribution in [3.8, 4) is 0 Å². The zero-order chi connectivity index (χ0) is 13.5. The Labute approximate surface area is 111 Å². The molecule has 4 nitrogen and oxygen atoms in total. The highest BCUT2D eigenvalue weighted by Crippen LogP contribution is 2.28. The first-order valence-electron chi connectivity index (χ1n) is 5.66. The first kappa shape index (κ1) is 12.9. The molecule has 0 aromatic heterocycles. The van der Waals surface area contributed by atoms with Crippen molar-refractivity contribution in [1.29, 1.82) is 0 Å². The first-order valence-corrected chi connectivity index (χ1v) is 6.04. The molecular formula is C13H15ClN2O2. The molecule has 0 saturated carbocycles. The van der Waals surface area contributed by atoms with Crippen LogP contribution in [-0.4, -0.2) is 22.5 Å². The van der Waals surface area contributed by atoms with Gasteiger partial charge >= 0.3 is 0 Å². The molecule has 0 unspecified atom stereocenters. The van der Waals surface area contributed by atoms with Crippen molar-refractivity contribution in [3.05, 3.63) is 34.3 Å². The summed E-state index contributed by atoms with van der Waals surface area (Å²) in [4.78, 5) is 11.5. The summed E-state index contributed by atoms with van der Waals surface area (Å²) < 4.78 is 5.70.